The van der Waals surface area contributed by atoms with Crippen molar-refractivity contribution in [1.29, 1.82) is 0 Å². The van der Waals surface area contributed by atoms with Gasteiger partial charge < -0.3 is 0 Å². The highest BCUT2D eigenvalue weighted by molar-refractivity contribution is 5.16. The molecule has 20 heavy (non-hydrogen) atoms. The van der Waals surface area contributed by atoms with Crippen molar-refractivity contribution in [3.63, 3.8) is 0 Å². The molecule has 2 nitrogen and oxygen atoms in total. The first-order chi connectivity index (χ1) is 9.48. The van der Waals surface area contributed by atoms with Gasteiger partial charge in [-0.3, -0.25) is 5.26 Å². The van der Waals surface area contributed by atoms with Crippen LogP contribution in [0.2, 0.25) is 0 Å². The lowest BCUT2D eigenvalue weighted by molar-refractivity contribution is -0.316. The Balaban J connectivity index is 2.16. The number of hydrogen-bond donors (Lipinski definition) is 1. The molecule has 0 fully saturated rings. The van der Waals surface area contributed by atoms with Gasteiger partial charge in [-0.25, -0.2) is 4.89 Å². The average molecular weight is 276 g/mol. The first kappa shape index (κ1) is 15.5. The second-order valence-electron chi connectivity index (χ2n) is 6.88. The lowest BCUT2D eigenvalue weighted by Crippen LogP contribution is -2.40. The van der Waals surface area contributed by atoms with E-state index in [0.717, 1.165) is 12.8 Å². The van der Waals surface area contributed by atoms with Gasteiger partial charge in [0.2, 0.25) is 0 Å². The molecule has 6 atom stereocenters. The van der Waals surface area contributed by atoms with Crippen LogP contribution in [0.5, 0.6) is 0 Å². The van der Waals surface area contributed by atoms with Crippen LogP contribution in [-0.2, 0) is 4.89 Å². The second kappa shape index (κ2) is 6.28. The fourth-order valence-electron chi connectivity index (χ4n) is 3.74. The molecular formula is C18H28O2. The van der Waals surface area contributed by atoms with Crippen molar-refractivity contribution in [3.05, 3.63) is 36.5 Å². The van der Waals surface area contributed by atoms with E-state index in [4.69, 9.17) is 4.89 Å². The van der Waals surface area contributed by atoms with Crippen molar-refractivity contribution in [2.45, 2.75) is 46.1 Å². The number of rotatable bonds is 3. The molecule has 1 N–H and O–H groups in total. The van der Waals surface area contributed by atoms with Crippen LogP contribution in [0.4, 0.5) is 0 Å². The quantitative estimate of drug-likeness (QED) is 0.453. The van der Waals surface area contributed by atoms with Gasteiger partial charge >= 0.3 is 0 Å². The molecule has 0 amide bonds. The summed E-state index contributed by atoms with van der Waals surface area (Å²) in [7, 11) is 0. The monoisotopic (exact) mass is 276 g/mol. The third-order valence-corrected chi connectivity index (χ3v) is 5.18. The lowest BCUT2D eigenvalue weighted by Gasteiger charge is -2.38. The number of allylic oxidation sites excluding steroid dienone is 4. The van der Waals surface area contributed by atoms with Crippen LogP contribution >= 0.6 is 0 Å². The molecule has 6 unspecified atom stereocenters. The van der Waals surface area contributed by atoms with Crippen LogP contribution in [-0.4, -0.2) is 10.9 Å². The van der Waals surface area contributed by atoms with Crippen LogP contribution in [0.25, 0.3) is 0 Å². The molecule has 0 radical (unpaired) electrons. The van der Waals surface area contributed by atoms with E-state index in [1.165, 1.54) is 0 Å². The van der Waals surface area contributed by atoms with Crippen molar-refractivity contribution >= 4 is 0 Å². The van der Waals surface area contributed by atoms with Gasteiger partial charge in [-0.2, -0.15) is 0 Å². The van der Waals surface area contributed by atoms with Gasteiger partial charge in [0.1, 0.15) is 5.60 Å². The van der Waals surface area contributed by atoms with Crippen LogP contribution in [0.15, 0.2) is 36.5 Å². The van der Waals surface area contributed by atoms with Gasteiger partial charge in [-0.1, -0.05) is 57.2 Å². The van der Waals surface area contributed by atoms with Crippen LogP contribution in [0.1, 0.15) is 40.5 Å². The van der Waals surface area contributed by atoms with E-state index in [0.29, 0.717) is 23.7 Å². The molecule has 0 aromatic rings. The summed E-state index contributed by atoms with van der Waals surface area (Å²) in [4.78, 5) is 4.80. The van der Waals surface area contributed by atoms with E-state index in [-0.39, 0.29) is 5.92 Å². The highest BCUT2D eigenvalue weighted by atomic mass is 17.1. The maximum Gasteiger partial charge on any atom is 0.125 e. The maximum atomic E-state index is 9.28. The summed E-state index contributed by atoms with van der Waals surface area (Å²) in [5.41, 5.74) is -0.592. The lowest BCUT2D eigenvalue weighted by atomic mass is 9.72. The van der Waals surface area contributed by atoms with E-state index in [1.807, 2.05) is 13.0 Å². The highest BCUT2D eigenvalue weighted by Gasteiger charge is 2.38. The first-order valence-corrected chi connectivity index (χ1v) is 7.83. The molecule has 0 saturated carbocycles. The Kier molecular flexibility index (Phi) is 4.87. The summed E-state index contributed by atoms with van der Waals surface area (Å²) < 4.78 is 0. The summed E-state index contributed by atoms with van der Waals surface area (Å²) >= 11 is 0. The molecule has 2 aliphatic carbocycles. The Morgan fingerprint density at radius 2 is 1.80 bits per heavy atom. The summed E-state index contributed by atoms with van der Waals surface area (Å²) in [5.74, 6) is 2.56. The Morgan fingerprint density at radius 1 is 1.10 bits per heavy atom. The zero-order chi connectivity index (χ0) is 14.8. The van der Waals surface area contributed by atoms with Gasteiger partial charge in [0.15, 0.2) is 0 Å². The van der Waals surface area contributed by atoms with Crippen molar-refractivity contribution in [1.82, 2.24) is 0 Å². The fourth-order valence-corrected chi connectivity index (χ4v) is 3.74. The molecule has 0 aromatic carbocycles. The predicted octanol–water partition coefficient (Wildman–Crippen LogP) is 4.85. The Morgan fingerprint density at radius 3 is 2.45 bits per heavy atom. The average Bonchev–Trinajstić information content (AvgIpc) is 2.41. The minimum atomic E-state index is -0.592. The first-order valence-electron chi connectivity index (χ1n) is 7.83. The third kappa shape index (κ3) is 3.07. The molecule has 0 aromatic heterocycles. The summed E-state index contributed by atoms with van der Waals surface area (Å²) in [5, 5.41) is 9.28. The van der Waals surface area contributed by atoms with Crippen molar-refractivity contribution in [2.75, 3.05) is 0 Å². The maximum absolute atomic E-state index is 9.28. The Bertz CT molecular complexity index is 410. The van der Waals surface area contributed by atoms with E-state index in [2.05, 4.69) is 51.2 Å². The Labute approximate surface area is 123 Å². The molecule has 0 spiro atoms. The van der Waals surface area contributed by atoms with E-state index >= 15 is 0 Å². The van der Waals surface area contributed by atoms with Crippen LogP contribution < -0.4 is 0 Å². The molecule has 2 heteroatoms. The molecule has 2 aliphatic rings. The normalized spacial score (nSPS) is 45.1. The Hall–Kier alpha value is -0.860. The molecule has 0 bridgehead atoms. The third-order valence-electron chi connectivity index (χ3n) is 5.18. The van der Waals surface area contributed by atoms with Crippen molar-refractivity contribution in [3.8, 4) is 0 Å². The summed E-state index contributed by atoms with van der Waals surface area (Å²) in [6, 6.07) is 0. The highest BCUT2D eigenvalue weighted by Crippen LogP contribution is 2.38. The van der Waals surface area contributed by atoms with E-state index in [1.54, 1.807) is 0 Å². The van der Waals surface area contributed by atoms with Crippen molar-refractivity contribution < 1.29 is 10.1 Å². The SMILES string of the molecule is CC1C=CCC(C)C1C=CC1C(C)CC=CC1(C)OO. The van der Waals surface area contributed by atoms with Crippen molar-refractivity contribution in [2.24, 2.45) is 29.6 Å². The molecule has 0 saturated heterocycles. The molecule has 112 valence electrons. The smallest absolute Gasteiger partial charge is 0.125 e. The summed E-state index contributed by atoms with van der Waals surface area (Å²) in [6.07, 6.45) is 15.6. The van der Waals surface area contributed by atoms with Crippen LogP contribution in [0.3, 0.4) is 0 Å². The molecule has 2 rings (SSSR count). The topological polar surface area (TPSA) is 29.5 Å². The predicted molar refractivity (Wildman–Crippen MR) is 83.2 cm³/mol. The van der Waals surface area contributed by atoms with E-state index in [9.17, 15) is 5.26 Å². The zero-order valence-electron chi connectivity index (χ0n) is 13.1. The van der Waals surface area contributed by atoms with Crippen LogP contribution in [0, 0.1) is 29.6 Å². The van der Waals surface area contributed by atoms with Gasteiger partial charge in [0.05, 0.1) is 0 Å². The molecule has 0 heterocycles. The minimum absolute atomic E-state index is 0.225. The molecular weight excluding hydrogens is 248 g/mol. The van der Waals surface area contributed by atoms with Gasteiger partial charge in [-0.15, -0.1) is 0 Å². The zero-order valence-corrected chi connectivity index (χ0v) is 13.1. The van der Waals surface area contributed by atoms with Gasteiger partial charge in [-0.05, 0) is 43.4 Å². The van der Waals surface area contributed by atoms with Gasteiger partial charge in [0, 0.05) is 5.92 Å². The largest absolute Gasteiger partial charge is 0.251 e. The summed E-state index contributed by atoms with van der Waals surface area (Å²) in [6.45, 7) is 8.79. The fraction of sp³-hybridized carbons (Fsp3) is 0.667. The number of hydrogen-bond acceptors (Lipinski definition) is 2. The van der Waals surface area contributed by atoms with Gasteiger partial charge in [0.25, 0.3) is 0 Å². The molecule has 0 aliphatic heterocycles. The standard InChI is InChI=1S/C18H28O2/c1-13-7-5-8-14(2)16(13)10-11-17-15(3)9-6-12-18(17,4)20-19/h5-7,10-17,19H,8-9H2,1-4H3. The second-order valence-corrected chi connectivity index (χ2v) is 6.88. The minimum Gasteiger partial charge on any atom is -0.251 e. The van der Waals surface area contributed by atoms with E-state index < -0.39 is 5.60 Å².